The Morgan fingerprint density at radius 3 is 2.63 bits per heavy atom. The van der Waals surface area contributed by atoms with Crippen molar-refractivity contribution in [2.24, 2.45) is 0 Å². The fraction of sp³-hybridized carbons (Fsp3) is 0.458. The number of likely N-dealkylation sites (N-methyl/N-ethyl adjacent to an activating group) is 1. The van der Waals surface area contributed by atoms with E-state index in [1.807, 2.05) is 49.5 Å². The summed E-state index contributed by atoms with van der Waals surface area (Å²) in [5, 5.41) is 0. The van der Waals surface area contributed by atoms with E-state index in [4.69, 9.17) is 19.9 Å². The third-order valence-corrected chi connectivity index (χ3v) is 5.73. The van der Waals surface area contributed by atoms with Gasteiger partial charge in [0.15, 0.2) is 11.5 Å². The second kappa shape index (κ2) is 10.3. The largest absolute Gasteiger partial charge is 0.493 e. The van der Waals surface area contributed by atoms with Crippen molar-refractivity contribution >= 4 is 11.7 Å². The van der Waals surface area contributed by atoms with E-state index in [1.54, 1.807) is 14.2 Å². The van der Waals surface area contributed by atoms with Gasteiger partial charge in [-0.15, -0.1) is 0 Å². The maximum atomic E-state index is 12.9. The number of carbonyl (C=O) groups is 1. The first-order valence-electron chi connectivity index (χ1n) is 10.5. The summed E-state index contributed by atoms with van der Waals surface area (Å²) in [6.45, 7) is 0.925. The van der Waals surface area contributed by atoms with Crippen LogP contribution in [0.15, 0.2) is 42.5 Å². The van der Waals surface area contributed by atoms with Gasteiger partial charge < -0.3 is 19.9 Å². The molecule has 3 rings (SSSR count). The summed E-state index contributed by atoms with van der Waals surface area (Å²) in [6.07, 6.45) is 4.05. The lowest BCUT2D eigenvalue weighted by atomic mass is 9.99. The number of hydrogen-bond acceptors (Lipinski definition) is 6. The van der Waals surface area contributed by atoms with Gasteiger partial charge in [0.05, 0.1) is 14.2 Å². The van der Waals surface area contributed by atoms with Gasteiger partial charge in [-0.1, -0.05) is 24.6 Å². The van der Waals surface area contributed by atoms with Crippen molar-refractivity contribution in [3.63, 3.8) is 0 Å². The van der Waals surface area contributed by atoms with E-state index in [2.05, 4.69) is 4.90 Å². The minimum atomic E-state index is -0.357. The summed E-state index contributed by atoms with van der Waals surface area (Å²) in [6, 6.07) is 13.3. The van der Waals surface area contributed by atoms with Crippen LogP contribution in [0.5, 0.6) is 11.5 Å². The standard InChI is InChI=1S/C24H32N2O4/c1-26-14-5-4-9-20(26)24(27)30-21(18-7-6-8-19(25)16-18)12-10-17-11-13-22(28-2)23(15-17)29-3/h6-8,11,13,15-16,20-21H,4-5,9-10,12,14,25H2,1-3H3/t20?,21-/m1/s1. The molecule has 1 fully saturated rings. The Labute approximate surface area is 178 Å². The predicted molar refractivity (Wildman–Crippen MR) is 118 cm³/mol. The Balaban J connectivity index is 1.75. The van der Waals surface area contributed by atoms with Crippen molar-refractivity contribution in [1.29, 1.82) is 0 Å². The van der Waals surface area contributed by atoms with Crippen LogP contribution in [0, 0.1) is 0 Å². The van der Waals surface area contributed by atoms with E-state index in [1.165, 1.54) is 0 Å². The van der Waals surface area contributed by atoms with Crippen molar-refractivity contribution in [3.05, 3.63) is 53.6 Å². The number of esters is 1. The Bertz CT molecular complexity index is 855. The Kier molecular flexibility index (Phi) is 7.57. The number of methoxy groups -OCH3 is 2. The maximum absolute atomic E-state index is 12.9. The van der Waals surface area contributed by atoms with Gasteiger partial charge in [-0.25, -0.2) is 0 Å². The normalized spacial score (nSPS) is 17.9. The predicted octanol–water partition coefficient (Wildman–Crippen LogP) is 3.99. The molecule has 162 valence electrons. The summed E-state index contributed by atoms with van der Waals surface area (Å²) in [5.41, 5.74) is 8.66. The quantitative estimate of drug-likeness (QED) is 0.522. The van der Waals surface area contributed by atoms with Crippen LogP contribution in [0.25, 0.3) is 0 Å². The number of benzene rings is 2. The number of anilines is 1. The van der Waals surface area contributed by atoms with Gasteiger partial charge in [0.1, 0.15) is 12.1 Å². The maximum Gasteiger partial charge on any atom is 0.323 e. The Hall–Kier alpha value is -2.73. The van der Waals surface area contributed by atoms with E-state index in [0.717, 1.165) is 43.4 Å². The smallest absolute Gasteiger partial charge is 0.323 e. The van der Waals surface area contributed by atoms with Gasteiger partial charge in [0.25, 0.3) is 0 Å². The number of nitrogens with zero attached hydrogens (tertiary/aromatic N) is 1. The van der Waals surface area contributed by atoms with Crippen LogP contribution < -0.4 is 15.2 Å². The average Bonchev–Trinajstić information content (AvgIpc) is 2.76. The van der Waals surface area contributed by atoms with E-state index >= 15 is 0 Å². The zero-order valence-electron chi connectivity index (χ0n) is 18.1. The van der Waals surface area contributed by atoms with Crippen molar-refractivity contribution in [3.8, 4) is 11.5 Å². The van der Waals surface area contributed by atoms with Gasteiger partial charge >= 0.3 is 5.97 Å². The summed E-state index contributed by atoms with van der Waals surface area (Å²) in [4.78, 5) is 15.0. The highest BCUT2D eigenvalue weighted by Crippen LogP contribution is 2.31. The molecule has 0 spiro atoms. The van der Waals surface area contributed by atoms with Crippen LogP contribution in [0.3, 0.4) is 0 Å². The van der Waals surface area contributed by atoms with Gasteiger partial charge in [-0.2, -0.15) is 0 Å². The molecule has 30 heavy (non-hydrogen) atoms. The number of rotatable bonds is 8. The van der Waals surface area contributed by atoms with Gasteiger partial charge in [-0.05, 0) is 74.7 Å². The molecule has 2 atom stereocenters. The van der Waals surface area contributed by atoms with Crippen molar-refractivity contribution in [2.75, 3.05) is 33.5 Å². The molecule has 0 bridgehead atoms. The fourth-order valence-electron chi connectivity index (χ4n) is 3.98. The summed E-state index contributed by atoms with van der Waals surface area (Å²) in [5.74, 6) is 1.23. The van der Waals surface area contributed by atoms with E-state index in [9.17, 15) is 4.79 Å². The molecular formula is C24H32N2O4. The van der Waals surface area contributed by atoms with Crippen LogP contribution in [0.2, 0.25) is 0 Å². The van der Waals surface area contributed by atoms with Crippen LogP contribution in [-0.4, -0.2) is 44.7 Å². The number of nitrogens with two attached hydrogens (primary N) is 1. The van der Waals surface area contributed by atoms with Crippen LogP contribution in [-0.2, 0) is 16.0 Å². The molecule has 6 heteroatoms. The summed E-state index contributed by atoms with van der Waals surface area (Å²) < 4.78 is 16.8. The molecule has 1 aliphatic rings. The van der Waals surface area contributed by atoms with Gasteiger partial charge in [-0.3, -0.25) is 9.69 Å². The molecule has 0 aliphatic carbocycles. The molecule has 2 aromatic carbocycles. The first-order chi connectivity index (χ1) is 14.5. The monoisotopic (exact) mass is 412 g/mol. The fourth-order valence-corrected chi connectivity index (χ4v) is 3.98. The number of aryl methyl sites for hydroxylation is 1. The Morgan fingerprint density at radius 2 is 1.93 bits per heavy atom. The highest BCUT2D eigenvalue weighted by atomic mass is 16.5. The SMILES string of the molecule is COc1ccc(CC[C@@H](OC(=O)C2CCCCN2C)c2cccc(N)c2)cc1OC. The first-order valence-corrected chi connectivity index (χ1v) is 10.5. The van der Waals surface area contributed by atoms with Crippen molar-refractivity contribution < 1.29 is 19.0 Å². The second-order valence-electron chi connectivity index (χ2n) is 7.82. The van der Waals surface area contributed by atoms with Gasteiger partial charge in [0.2, 0.25) is 0 Å². The number of carbonyl (C=O) groups excluding carboxylic acids is 1. The minimum absolute atomic E-state index is 0.156. The zero-order valence-corrected chi connectivity index (χ0v) is 18.1. The molecule has 0 radical (unpaired) electrons. The van der Waals surface area contributed by atoms with Crippen LogP contribution >= 0.6 is 0 Å². The minimum Gasteiger partial charge on any atom is -0.493 e. The number of hydrogen-bond donors (Lipinski definition) is 1. The van der Waals surface area contributed by atoms with E-state index < -0.39 is 0 Å². The molecule has 1 saturated heterocycles. The molecule has 1 unspecified atom stereocenters. The van der Waals surface area contributed by atoms with Crippen molar-refractivity contribution in [1.82, 2.24) is 4.90 Å². The Morgan fingerprint density at radius 1 is 1.13 bits per heavy atom. The lowest BCUT2D eigenvalue weighted by Crippen LogP contribution is -2.43. The highest BCUT2D eigenvalue weighted by Gasteiger charge is 2.29. The van der Waals surface area contributed by atoms with Crippen LogP contribution in [0.4, 0.5) is 5.69 Å². The molecule has 1 heterocycles. The topological polar surface area (TPSA) is 74.0 Å². The number of piperidine rings is 1. The third-order valence-electron chi connectivity index (χ3n) is 5.73. The molecule has 6 nitrogen and oxygen atoms in total. The number of ether oxygens (including phenoxy) is 3. The summed E-state index contributed by atoms with van der Waals surface area (Å²) >= 11 is 0. The zero-order chi connectivity index (χ0) is 21.5. The van der Waals surface area contributed by atoms with Crippen molar-refractivity contribution in [2.45, 2.75) is 44.2 Å². The molecule has 2 aromatic rings. The molecule has 0 amide bonds. The number of likely N-dealkylation sites (tertiary alicyclic amines) is 1. The number of nitrogen functional groups attached to an aromatic ring is 1. The molecule has 0 saturated carbocycles. The van der Waals surface area contributed by atoms with E-state index in [-0.39, 0.29) is 18.1 Å². The lowest BCUT2D eigenvalue weighted by Gasteiger charge is -2.32. The first kappa shape index (κ1) is 22.0. The van der Waals surface area contributed by atoms with Gasteiger partial charge in [0, 0.05) is 5.69 Å². The molecular weight excluding hydrogens is 380 g/mol. The highest BCUT2D eigenvalue weighted by molar-refractivity contribution is 5.76. The second-order valence-corrected chi connectivity index (χ2v) is 7.82. The average molecular weight is 413 g/mol. The van der Waals surface area contributed by atoms with Crippen LogP contribution in [0.1, 0.15) is 42.9 Å². The third kappa shape index (κ3) is 5.45. The molecule has 2 N–H and O–H groups in total. The molecule has 0 aromatic heterocycles. The molecule has 1 aliphatic heterocycles. The lowest BCUT2D eigenvalue weighted by molar-refractivity contribution is -0.157. The summed E-state index contributed by atoms with van der Waals surface area (Å²) in [7, 11) is 5.24. The van der Waals surface area contributed by atoms with E-state index in [0.29, 0.717) is 23.6 Å².